The van der Waals surface area contributed by atoms with Gasteiger partial charge in [0.15, 0.2) is 0 Å². The average Bonchev–Trinajstić information content (AvgIpc) is 3.28. The highest BCUT2D eigenvalue weighted by molar-refractivity contribution is 5.96. The predicted octanol–water partition coefficient (Wildman–Crippen LogP) is 5.29. The number of carbonyl (C=O) groups excluding carboxylic acids is 2. The molecule has 4 rings (SSSR count). The minimum atomic E-state index is -0.0629. The van der Waals surface area contributed by atoms with Crippen molar-refractivity contribution in [3.8, 4) is 5.75 Å². The fraction of sp³-hybridized carbons (Fsp3) is 0.448. The number of hydrogen-bond acceptors (Lipinski definition) is 3. The zero-order valence-corrected chi connectivity index (χ0v) is 21.1. The molecular formula is C29H37N3O3. The third kappa shape index (κ3) is 5.87. The van der Waals surface area contributed by atoms with Crippen LogP contribution in [-0.2, 0) is 11.2 Å². The molecule has 0 radical (unpaired) electrons. The van der Waals surface area contributed by atoms with Crippen LogP contribution in [0.1, 0.15) is 55.5 Å². The molecule has 6 nitrogen and oxygen atoms in total. The van der Waals surface area contributed by atoms with Crippen LogP contribution in [0.4, 0.5) is 0 Å². The summed E-state index contributed by atoms with van der Waals surface area (Å²) in [6.07, 6.45) is 5.98. The number of carbonyl (C=O) groups is 2. The number of H-pyrrole nitrogens is 1. The monoisotopic (exact) mass is 475 g/mol. The lowest BCUT2D eigenvalue weighted by Crippen LogP contribution is -2.47. The molecule has 1 aromatic heterocycles. The first kappa shape index (κ1) is 24.8. The molecule has 0 spiro atoms. The van der Waals surface area contributed by atoms with Gasteiger partial charge in [-0.3, -0.25) is 9.59 Å². The lowest BCUT2D eigenvalue weighted by Gasteiger charge is -2.35. The van der Waals surface area contributed by atoms with Gasteiger partial charge in [0.05, 0.1) is 11.6 Å². The van der Waals surface area contributed by atoms with Gasteiger partial charge in [-0.05, 0) is 55.4 Å². The highest BCUT2D eigenvalue weighted by Gasteiger charge is 2.28. The summed E-state index contributed by atoms with van der Waals surface area (Å²) in [5.74, 6) is 0.949. The number of para-hydroxylation sites is 2. The van der Waals surface area contributed by atoms with E-state index in [1.54, 1.807) is 4.90 Å². The van der Waals surface area contributed by atoms with E-state index in [1.165, 1.54) is 10.9 Å². The zero-order chi connectivity index (χ0) is 24.8. The minimum Gasteiger partial charge on any atom is -0.491 e. The number of ether oxygens (including phenoxy) is 1. The maximum atomic E-state index is 13.6. The molecule has 0 saturated carbocycles. The van der Waals surface area contributed by atoms with E-state index >= 15 is 0 Å². The van der Waals surface area contributed by atoms with Crippen LogP contribution in [0.5, 0.6) is 5.75 Å². The van der Waals surface area contributed by atoms with Gasteiger partial charge >= 0.3 is 0 Å². The Labute approximate surface area is 208 Å². The number of aromatic amines is 1. The first-order chi connectivity index (χ1) is 17.0. The van der Waals surface area contributed by atoms with E-state index in [0.717, 1.165) is 24.8 Å². The second kappa shape index (κ2) is 11.4. The molecule has 2 heterocycles. The van der Waals surface area contributed by atoms with E-state index in [9.17, 15) is 9.59 Å². The number of hydrogen-bond donors (Lipinski definition) is 1. The molecule has 0 unspecified atom stereocenters. The largest absolute Gasteiger partial charge is 0.491 e. The second-order valence-corrected chi connectivity index (χ2v) is 9.85. The molecule has 0 bridgehead atoms. The van der Waals surface area contributed by atoms with Crippen LogP contribution in [0.3, 0.4) is 0 Å². The molecule has 2 aromatic carbocycles. The Bertz CT molecular complexity index is 1150. The quantitative estimate of drug-likeness (QED) is 0.558. The number of benzene rings is 2. The molecule has 2 amide bonds. The van der Waals surface area contributed by atoms with Crippen molar-refractivity contribution in [2.24, 2.45) is 5.92 Å². The maximum absolute atomic E-state index is 13.6. The van der Waals surface area contributed by atoms with Crippen LogP contribution in [0.15, 0.2) is 54.7 Å². The Kier molecular flexibility index (Phi) is 8.11. The molecule has 6 heteroatoms. The fourth-order valence-corrected chi connectivity index (χ4v) is 4.90. The summed E-state index contributed by atoms with van der Waals surface area (Å²) in [6, 6.07) is 15.6. The number of nitrogens with zero attached hydrogens (tertiary/aromatic N) is 2. The standard InChI is InChI=1S/C29H37N3O3/c1-21(2)26-20-35-27-14-8-6-12-24(27)29(34)31(3)17-9-4-10-18-32(26)28(33)16-15-22-19-30-25-13-7-5-11-23(22)25/h5-8,11-14,19,21,26,30H,4,9-10,15-18,20H2,1-3H3/t26-/m1/s1. The molecule has 1 atom stereocenters. The molecule has 1 aliphatic rings. The molecular weight excluding hydrogens is 438 g/mol. The number of aromatic nitrogens is 1. The van der Waals surface area contributed by atoms with Crippen LogP contribution in [-0.4, -0.2) is 59.4 Å². The Hall–Kier alpha value is -3.28. The summed E-state index contributed by atoms with van der Waals surface area (Å²) in [5.41, 5.74) is 2.85. The van der Waals surface area contributed by atoms with Gasteiger partial charge in [-0.25, -0.2) is 0 Å². The van der Waals surface area contributed by atoms with Gasteiger partial charge in [0.2, 0.25) is 5.91 Å². The molecule has 35 heavy (non-hydrogen) atoms. The van der Waals surface area contributed by atoms with Crippen molar-refractivity contribution in [3.63, 3.8) is 0 Å². The van der Waals surface area contributed by atoms with Crippen LogP contribution in [0, 0.1) is 5.92 Å². The first-order valence-electron chi connectivity index (χ1n) is 12.8. The third-order valence-electron chi connectivity index (χ3n) is 7.04. The SMILES string of the molecule is CC(C)[C@H]1COc2ccccc2C(=O)N(C)CCCCCN1C(=O)CCc1c[nH]c2ccccc12. The summed E-state index contributed by atoms with van der Waals surface area (Å²) in [4.78, 5) is 33.7. The van der Waals surface area contributed by atoms with Gasteiger partial charge in [-0.2, -0.15) is 0 Å². The maximum Gasteiger partial charge on any atom is 0.257 e. The molecule has 186 valence electrons. The lowest BCUT2D eigenvalue weighted by molar-refractivity contribution is -0.135. The number of amides is 2. The summed E-state index contributed by atoms with van der Waals surface area (Å²) in [7, 11) is 1.84. The van der Waals surface area contributed by atoms with E-state index in [-0.39, 0.29) is 23.8 Å². The van der Waals surface area contributed by atoms with Crippen molar-refractivity contribution < 1.29 is 14.3 Å². The second-order valence-electron chi connectivity index (χ2n) is 9.85. The summed E-state index contributed by atoms with van der Waals surface area (Å²) < 4.78 is 6.24. The Balaban J connectivity index is 1.53. The zero-order valence-electron chi connectivity index (χ0n) is 21.1. The molecule has 3 aromatic rings. The first-order valence-corrected chi connectivity index (χ1v) is 12.8. The molecule has 1 aliphatic heterocycles. The number of aryl methyl sites for hydroxylation is 1. The van der Waals surface area contributed by atoms with Gasteiger partial charge in [0.1, 0.15) is 12.4 Å². The van der Waals surface area contributed by atoms with Crippen molar-refractivity contribution in [1.82, 2.24) is 14.8 Å². The van der Waals surface area contributed by atoms with Gasteiger partial charge in [0.25, 0.3) is 5.91 Å². The van der Waals surface area contributed by atoms with Crippen molar-refractivity contribution >= 4 is 22.7 Å². The smallest absolute Gasteiger partial charge is 0.257 e. The Morgan fingerprint density at radius 3 is 2.63 bits per heavy atom. The molecule has 1 N–H and O–H groups in total. The number of fused-ring (bicyclic) bond motifs is 2. The molecule has 0 fully saturated rings. The topological polar surface area (TPSA) is 65.6 Å². The van der Waals surface area contributed by atoms with Crippen molar-refractivity contribution in [1.29, 1.82) is 0 Å². The average molecular weight is 476 g/mol. The Morgan fingerprint density at radius 2 is 1.80 bits per heavy atom. The van der Waals surface area contributed by atoms with Crippen molar-refractivity contribution in [2.75, 3.05) is 26.7 Å². The van der Waals surface area contributed by atoms with E-state index in [2.05, 4.69) is 31.0 Å². The summed E-state index contributed by atoms with van der Waals surface area (Å²) in [6.45, 7) is 6.03. The van der Waals surface area contributed by atoms with E-state index in [4.69, 9.17) is 4.74 Å². The van der Waals surface area contributed by atoms with Crippen molar-refractivity contribution in [3.05, 3.63) is 65.9 Å². The highest BCUT2D eigenvalue weighted by Crippen LogP contribution is 2.24. The van der Waals surface area contributed by atoms with Gasteiger partial charge in [-0.1, -0.05) is 44.2 Å². The lowest BCUT2D eigenvalue weighted by atomic mass is 10.0. The summed E-state index contributed by atoms with van der Waals surface area (Å²) in [5, 5.41) is 1.18. The van der Waals surface area contributed by atoms with Crippen LogP contribution in [0.2, 0.25) is 0 Å². The van der Waals surface area contributed by atoms with Crippen LogP contribution < -0.4 is 4.74 Å². The highest BCUT2D eigenvalue weighted by atomic mass is 16.5. The minimum absolute atomic E-state index is 0.0207. The predicted molar refractivity (Wildman–Crippen MR) is 140 cm³/mol. The van der Waals surface area contributed by atoms with Gasteiger partial charge in [-0.15, -0.1) is 0 Å². The van der Waals surface area contributed by atoms with Crippen LogP contribution in [0.25, 0.3) is 10.9 Å². The van der Waals surface area contributed by atoms with Crippen LogP contribution >= 0.6 is 0 Å². The Morgan fingerprint density at radius 1 is 1.06 bits per heavy atom. The summed E-state index contributed by atoms with van der Waals surface area (Å²) >= 11 is 0. The van der Waals surface area contributed by atoms with E-state index < -0.39 is 0 Å². The number of nitrogens with one attached hydrogen (secondary N) is 1. The number of rotatable bonds is 4. The molecule has 0 saturated heterocycles. The van der Waals surface area contributed by atoms with E-state index in [0.29, 0.717) is 43.9 Å². The van der Waals surface area contributed by atoms with E-state index in [1.807, 2.05) is 54.5 Å². The van der Waals surface area contributed by atoms with Gasteiger partial charge < -0.3 is 19.5 Å². The third-order valence-corrected chi connectivity index (χ3v) is 7.04. The van der Waals surface area contributed by atoms with Gasteiger partial charge in [0, 0.05) is 43.7 Å². The normalized spacial score (nSPS) is 17.9. The molecule has 0 aliphatic carbocycles. The van der Waals surface area contributed by atoms with Crippen molar-refractivity contribution in [2.45, 2.75) is 52.0 Å². The fourth-order valence-electron chi connectivity index (χ4n) is 4.90.